The molecule has 0 unspecified atom stereocenters. The number of benzene rings is 2. The zero-order chi connectivity index (χ0) is 30.1. The van der Waals surface area contributed by atoms with Crippen LogP contribution < -0.4 is 9.46 Å². The maximum atomic E-state index is 13.6. The smallest absolute Gasteiger partial charge is 0.281 e. The van der Waals surface area contributed by atoms with E-state index in [0.717, 1.165) is 28.6 Å². The molecule has 222 valence electrons. The van der Waals surface area contributed by atoms with Crippen molar-refractivity contribution in [3.8, 4) is 5.75 Å². The van der Waals surface area contributed by atoms with Crippen LogP contribution in [0.25, 0.3) is 0 Å². The molecule has 1 amide bonds. The van der Waals surface area contributed by atoms with Crippen molar-refractivity contribution < 1.29 is 35.9 Å². The first kappa shape index (κ1) is 30.4. The Morgan fingerprint density at radius 1 is 1.20 bits per heavy atom. The number of aryl methyl sites for hydroxylation is 1. The van der Waals surface area contributed by atoms with Crippen LogP contribution in [0.1, 0.15) is 24.2 Å². The number of anilines is 1. The lowest BCUT2D eigenvalue weighted by atomic mass is 9.99. The number of aliphatic hydroxyl groups excluding tert-OH is 1. The number of nitrogens with one attached hydrogen (secondary N) is 1. The van der Waals surface area contributed by atoms with E-state index in [1.807, 2.05) is 0 Å². The summed E-state index contributed by atoms with van der Waals surface area (Å²) >= 11 is 0. The summed E-state index contributed by atoms with van der Waals surface area (Å²) in [6.45, 7) is 3.04. The number of hydrogen-bond acceptors (Lipinski definition) is 8. The zero-order valence-electron chi connectivity index (χ0n) is 22.9. The van der Waals surface area contributed by atoms with Crippen molar-refractivity contribution in [1.82, 2.24) is 18.8 Å². The number of rotatable bonds is 9. The highest BCUT2D eigenvalue weighted by atomic mass is 32.2. The van der Waals surface area contributed by atoms with Gasteiger partial charge in [0, 0.05) is 32.8 Å². The summed E-state index contributed by atoms with van der Waals surface area (Å²) in [5, 5.41) is 9.61. The average molecular weight is 610 g/mol. The molecule has 12 nitrogen and oxygen atoms in total. The van der Waals surface area contributed by atoms with Crippen LogP contribution in [0.3, 0.4) is 0 Å². The van der Waals surface area contributed by atoms with Gasteiger partial charge in [-0.05, 0) is 43.3 Å². The molecular weight excluding hydrogens is 577 g/mol. The number of aliphatic hydroxyl groups is 1. The Hall–Kier alpha value is -3.53. The molecule has 1 aliphatic heterocycles. The van der Waals surface area contributed by atoms with Crippen LogP contribution in [0.5, 0.6) is 5.75 Å². The fourth-order valence-electron chi connectivity index (χ4n) is 4.40. The SMILES string of the molecule is C[C@H](CO)N1C[C@H](C)[C@H](CN(C)S(=O)(=O)c2ccc(F)cc2)Oc2c(NS(=O)(=O)c3cn(C)cn3)cccc2C1=O. The maximum Gasteiger partial charge on any atom is 0.281 e. The number of sulfonamides is 2. The van der Waals surface area contributed by atoms with Crippen LogP contribution >= 0.6 is 0 Å². The van der Waals surface area contributed by atoms with Crippen molar-refractivity contribution in [2.45, 2.75) is 35.9 Å². The molecule has 0 bridgehead atoms. The highest BCUT2D eigenvalue weighted by Gasteiger charge is 2.36. The number of imidazole rings is 1. The normalized spacial score (nSPS) is 18.8. The van der Waals surface area contributed by atoms with E-state index in [2.05, 4.69) is 9.71 Å². The van der Waals surface area contributed by atoms with E-state index in [1.54, 1.807) is 20.9 Å². The van der Waals surface area contributed by atoms with Crippen LogP contribution in [0.15, 0.2) is 64.9 Å². The lowest BCUT2D eigenvalue weighted by Gasteiger charge is -2.38. The summed E-state index contributed by atoms with van der Waals surface area (Å²) < 4.78 is 77.4. The monoisotopic (exact) mass is 609 g/mol. The van der Waals surface area contributed by atoms with Crippen LogP contribution in [-0.2, 0) is 27.1 Å². The summed E-state index contributed by atoms with van der Waals surface area (Å²) in [6.07, 6.45) is 1.77. The predicted octanol–water partition coefficient (Wildman–Crippen LogP) is 1.90. The molecule has 0 aliphatic carbocycles. The van der Waals surface area contributed by atoms with Gasteiger partial charge in [0.25, 0.3) is 15.9 Å². The third-order valence-electron chi connectivity index (χ3n) is 6.85. The molecule has 4 rings (SSSR count). The number of likely N-dealkylation sites (N-methyl/N-ethyl adjacent to an activating group) is 1. The summed E-state index contributed by atoms with van der Waals surface area (Å²) in [6, 6.07) is 8.21. The largest absolute Gasteiger partial charge is 0.486 e. The molecule has 15 heteroatoms. The minimum absolute atomic E-state index is 0.0347. The fourth-order valence-corrected chi connectivity index (χ4v) is 6.63. The Balaban J connectivity index is 1.76. The third-order valence-corrected chi connectivity index (χ3v) is 9.94. The molecule has 1 aromatic heterocycles. The Labute approximate surface area is 238 Å². The van der Waals surface area contributed by atoms with Gasteiger partial charge in [0.1, 0.15) is 11.9 Å². The molecule has 0 saturated heterocycles. The highest BCUT2D eigenvalue weighted by molar-refractivity contribution is 7.92. The highest BCUT2D eigenvalue weighted by Crippen LogP contribution is 2.36. The van der Waals surface area contributed by atoms with Crippen LogP contribution in [-0.4, -0.2) is 85.5 Å². The van der Waals surface area contributed by atoms with Crippen molar-refractivity contribution in [2.75, 3.05) is 31.5 Å². The van der Waals surface area contributed by atoms with E-state index >= 15 is 0 Å². The van der Waals surface area contributed by atoms with Crippen molar-refractivity contribution in [3.63, 3.8) is 0 Å². The number of aromatic nitrogens is 2. The molecule has 1 aliphatic rings. The molecule has 0 spiro atoms. The van der Waals surface area contributed by atoms with E-state index in [-0.39, 0.29) is 46.6 Å². The van der Waals surface area contributed by atoms with E-state index in [4.69, 9.17) is 4.74 Å². The number of para-hydroxylation sites is 1. The number of halogens is 1. The first-order chi connectivity index (χ1) is 19.2. The number of fused-ring (bicyclic) bond motifs is 1. The van der Waals surface area contributed by atoms with Gasteiger partial charge in [0.2, 0.25) is 10.0 Å². The zero-order valence-corrected chi connectivity index (χ0v) is 24.6. The third kappa shape index (κ3) is 6.37. The second-order valence-corrected chi connectivity index (χ2v) is 13.7. The summed E-state index contributed by atoms with van der Waals surface area (Å²) in [5.74, 6) is -1.62. The molecule has 41 heavy (non-hydrogen) atoms. The Morgan fingerprint density at radius 3 is 2.49 bits per heavy atom. The first-order valence-corrected chi connectivity index (χ1v) is 15.6. The van der Waals surface area contributed by atoms with E-state index < -0.39 is 49.8 Å². The lowest BCUT2D eigenvalue weighted by molar-refractivity contribution is 0.0389. The number of carbonyl (C=O) groups excluding carboxylic acids is 1. The number of amides is 1. The van der Waals surface area contributed by atoms with Crippen molar-refractivity contribution in [3.05, 3.63) is 66.4 Å². The van der Waals surface area contributed by atoms with Gasteiger partial charge in [0.15, 0.2) is 10.8 Å². The van der Waals surface area contributed by atoms with Crippen LogP contribution in [0.4, 0.5) is 10.1 Å². The van der Waals surface area contributed by atoms with Crippen molar-refractivity contribution in [1.29, 1.82) is 0 Å². The molecule has 0 saturated carbocycles. The quantitative estimate of drug-likeness (QED) is 0.373. The second kappa shape index (κ2) is 11.8. The van der Waals surface area contributed by atoms with Gasteiger partial charge < -0.3 is 19.3 Å². The molecule has 2 heterocycles. The van der Waals surface area contributed by atoms with E-state index in [1.165, 1.54) is 47.2 Å². The van der Waals surface area contributed by atoms with Gasteiger partial charge in [-0.25, -0.2) is 17.8 Å². The van der Waals surface area contributed by atoms with Gasteiger partial charge in [-0.15, -0.1) is 0 Å². The van der Waals surface area contributed by atoms with E-state index in [9.17, 15) is 31.1 Å². The molecule has 3 atom stereocenters. The summed E-state index contributed by atoms with van der Waals surface area (Å²) in [5.41, 5.74) is -0.00582. The molecule has 0 fully saturated rings. The molecule has 3 aromatic rings. The number of carbonyl (C=O) groups is 1. The summed E-state index contributed by atoms with van der Waals surface area (Å²) in [7, 11) is -5.26. The van der Waals surface area contributed by atoms with Crippen molar-refractivity contribution in [2.24, 2.45) is 13.0 Å². The standard InChI is InChI=1S/C26H32FN5O7S2/c1-17-12-32(18(2)15-33)26(34)21-6-5-7-22(29-40(35,36)24-14-30(3)16-28-24)25(21)39-23(17)13-31(4)41(37,38)20-10-8-19(27)9-11-20/h5-11,14,16-18,23,29,33H,12-13,15H2,1-4H3/t17-,18+,23-/m0/s1. The topological polar surface area (TPSA) is 151 Å². The number of ether oxygens (including phenoxy) is 1. The number of hydrogen-bond donors (Lipinski definition) is 2. The van der Waals surface area contributed by atoms with E-state index in [0.29, 0.717) is 0 Å². The molecule has 0 radical (unpaired) electrons. The minimum atomic E-state index is -4.18. The maximum absolute atomic E-state index is 13.6. The first-order valence-electron chi connectivity index (χ1n) is 12.7. The Kier molecular flexibility index (Phi) is 8.73. The van der Waals surface area contributed by atoms with Gasteiger partial charge in [-0.2, -0.15) is 12.7 Å². The van der Waals surface area contributed by atoms with Gasteiger partial charge in [-0.3, -0.25) is 9.52 Å². The minimum Gasteiger partial charge on any atom is -0.486 e. The van der Waals surface area contributed by atoms with Gasteiger partial charge >= 0.3 is 0 Å². The molecule has 2 aromatic carbocycles. The summed E-state index contributed by atoms with van der Waals surface area (Å²) in [4.78, 5) is 18.9. The predicted molar refractivity (Wildman–Crippen MR) is 148 cm³/mol. The Morgan fingerprint density at radius 2 is 1.88 bits per heavy atom. The molecular formula is C26H32FN5O7S2. The Bertz CT molecular complexity index is 1630. The molecule has 2 N–H and O–H groups in total. The van der Waals surface area contributed by atoms with Crippen molar-refractivity contribution >= 4 is 31.6 Å². The fraction of sp³-hybridized carbons (Fsp3) is 0.385. The van der Waals surface area contributed by atoms with Crippen LogP contribution in [0, 0.1) is 11.7 Å². The lowest BCUT2D eigenvalue weighted by Crippen LogP contribution is -2.50. The van der Waals surface area contributed by atoms with Gasteiger partial charge in [-0.1, -0.05) is 13.0 Å². The second-order valence-electron chi connectivity index (χ2n) is 10.0. The van der Waals surface area contributed by atoms with Gasteiger partial charge in [0.05, 0.1) is 41.7 Å². The average Bonchev–Trinajstić information content (AvgIpc) is 3.38. The van der Waals surface area contributed by atoms with Crippen LogP contribution in [0.2, 0.25) is 0 Å². The number of nitrogens with zero attached hydrogens (tertiary/aromatic N) is 4.